The lowest BCUT2D eigenvalue weighted by Crippen LogP contribution is -2.47. The first-order valence-electron chi connectivity index (χ1n) is 10.6. The van der Waals surface area contributed by atoms with Crippen LogP contribution in [-0.2, 0) is 17.9 Å². The summed E-state index contributed by atoms with van der Waals surface area (Å²) in [6.45, 7) is 5.41. The van der Waals surface area contributed by atoms with Crippen LogP contribution in [0.3, 0.4) is 0 Å². The second-order valence-electron chi connectivity index (χ2n) is 7.51. The van der Waals surface area contributed by atoms with Gasteiger partial charge in [0.1, 0.15) is 18.1 Å². The van der Waals surface area contributed by atoms with E-state index in [1.165, 1.54) is 12.8 Å². The summed E-state index contributed by atoms with van der Waals surface area (Å²) in [6, 6.07) is 17.6. The molecule has 0 bridgehead atoms. The van der Waals surface area contributed by atoms with Crippen molar-refractivity contribution in [2.75, 3.05) is 44.7 Å². The molecule has 33 heavy (non-hydrogen) atoms. The molecule has 2 heterocycles. The third-order valence-corrected chi connectivity index (χ3v) is 5.74. The second-order valence-corrected chi connectivity index (χ2v) is 7.95. The van der Waals surface area contributed by atoms with Crippen molar-refractivity contribution < 1.29 is 14.3 Å². The van der Waals surface area contributed by atoms with E-state index in [0.717, 1.165) is 32.7 Å². The number of benzene rings is 2. The molecule has 3 aromatic rings. The molecule has 176 valence electrons. The maximum atomic E-state index is 12.2. The van der Waals surface area contributed by atoms with Gasteiger partial charge in [0, 0.05) is 43.4 Å². The van der Waals surface area contributed by atoms with Crippen molar-refractivity contribution in [1.29, 1.82) is 0 Å². The fourth-order valence-corrected chi connectivity index (χ4v) is 3.90. The molecule has 1 aliphatic heterocycles. The molecule has 0 N–H and O–H groups in total. The molecule has 1 saturated heterocycles. The lowest BCUT2D eigenvalue weighted by molar-refractivity contribution is 0.0590. The molecule has 10 heteroatoms. The molecule has 2 aromatic carbocycles. The predicted octanol–water partition coefficient (Wildman–Crippen LogP) is 3.54. The van der Waals surface area contributed by atoms with Gasteiger partial charge in [-0.1, -0.05) is 41.1 Å². The second kappa shape index (κ2) is 11.9. The molecule has 8 nitrogen and oxygen atoms in total. The maximum absolute atomic E-state index is 12.2. The number of carbonyl (C=O) groups excluding carboxylic acids is 1. The van der Waals surface area contributed by atoms with E-state index in [-0.39, 0.29) is 24.7 Å². The maximum Gasteiger partial charge on any atom is 0.360 e. The molecule has 0 saturated carbocycles. The summed E-state index contributed by atoms with van der Waals surface area (Å²) in [5, 5.41) is 8.80. The molecule has 0 radical (unpaired) electrons. The number of piperazine rings is 1. The van der Waals surface area contributed by atoms with Crippen molar-refractivity contribution in [3.63, 3.8) is 0 Å². The topological polar surface area (TPSA) is 72.7 Å². The molecule has 0 atom stereocenters. The van der Waals surface area contributed by atoms with Crippen molar-refractivity contribution >= 4 is 35.7 Å². The zero-order chi connectivity index (χ0) is 22.3. The van der Waals surface area contributed by atoms with Gasteiger partial charge in [-0.15, -0.1) is 17.5 Å². The number of halogens is 2. The van der Waals surface area contributed by atoms with Gasteiger partial charge in [0.25, 0.3) is 0 Å². The normalized spacial score (nSPS) is 13.9. The molecular weight excluding hydrogens is 465 g/mol. The number of nitrogens with zero attached hydrogens (tertiary/aromatic N) is 5. The van der Waals surface area contributed by atoms with Crippen molar-refractivity contribution in [3.05, 3.63) is 71.0 Å². The molecule has 0 amide bonds. The Hall–Kier alpha value is -2.81. The Morgan fingerprint density at radius 2 is 1.79 bits per heavy atom. The van der Waals surface area contributed by atoms with Crippen molar-refractivity contribution in [2.45, 2.75) is 13.2 Å². The van der Waals surface area contributed by atoms with Gasteiger partial charge in [-0.25, -0.2) is 9.48 Å². The van der Waals surface area contributed by atoms with Crippen molar-refractivity contribution in [2.24, 2.45) is 0 Å². The highest BCUT2D eigenvalue weighted by Crippen LogP contribution is 2.20. The number of hydrogen-bond acceptors (Lipinski definition) is 7. The van der Waals surface area contributed by atoms with Gasteiger partial charge in [0.05, 0.1) is 13.7 Å². The summed E-state index contributed by atoms with van der Waals surface area (Å²) in [7, 11) is 1.33. The van der Waals surface area contributed by atoms with Gasteiger partial charge in [0.2, 0.25) is 0 Å². The van der Waals surface area contributed by atoms with Gasteiger partial charge in [-0.05, 0) is 30.3 Å². The highest BCUT2D eigenvalue weighted by Gasteiger charge is 2.22. The number of para-hydroxylation sites is 1. The van der Waals surface area contributed by atoms with Crippen LogP contribution < -0.4 is 9.64 Å². The number of ether oxygens (including phenoxy) is 2. The van der Waals surface area contributed by atoms with Crippen LogP contribution in [0.1, 0.15) is 16.2 Å². The molecule has 1 aliphatic rings. The number of rotatable bonds is 8. The van der Waals surface area contributed by atoms with E-state index < -0.39 is 5.97 Å². The Bertz CT molecular complexity index is 1040. The van der Waals surface area contributed by atoms with Gasteiger partial charge < -0.3 is 14.4 Å². The highest BCUT2D eigenvalue weighted by molar-refractivity contribution is 6.30. The predicted molar refractivity (Wildman–Crippen MR) is 129 cm³/mol. The van der Waals surface area contributed by atoms with E-state index in [1.807, 2.05) is 18.2 Å². The Kier molecular flexibility index (Phi) is 8.94. The van der Waals surface area contributed by atoms with Crippen LogP contribution in [0.4, 0.5) is 5.69 Å². The summed E-state index contributed by atoms with van der Waals surface area (Å²) >= 11 is 6.03. The smallest absolute Gasteiger partial charge is 0.360 e. The SMILES string of the molecule is COC(=O)c1nnn(CCN2CCN(c3ccccc3)CC2)c1COc1cccc(Cl)c1.Cl. The first kappa shape index (κ1) is 24.8. The third-order valence-electron chi connectivity index (χ3n) is 5.51. The number of methoxy groups -OCH3 is 1. The van der Waals surface area contributed by atoms with Gasteiger partial charge in [-0.2, -0.15) is 0 Å². The first-order valence-corrected chi connectivity index (χ1v) is 10.9. The van der Waals surface area contributed by atoms with E-state index in [0.29, 0.717) is 23.0 Å². The van der Waals surface area contributed by atoms with E-state index in [2.05, 4.69) is 44.4 Å². The van der Waals surface area contributed by atoms with Gasteiger partial charge in [0.15, 0.2) is 5.69 Å². The molecule has 4 rings (SSSR count). The quantitative estimate of drug-likeness (QED) is 0.446. The Morgan fingerprint density at radius 3 is 2.48 bits per heavy atom. The lowest BCUT2D eigenvalue weighted by atomic mass is 10.2. The first-order chi connectivity index (χ1) is 15.6. The van der Waals surface area contributed by atoms with E-state index in [9.17, 15) is 4.79 Å². The minimum atomic E-state index is -0.530. The standard InChI is InChI=1S/C23H26ClN5O3.ClH/c1-31-23(30)22-21(17-32-20-9-5-6-18(24)16-20)29(26-25-22)15-12-27-10-13-28(14-11-27)19-7-3-2-4-8-19;/h2-9,16H,10-15,17H2,1H3;1H. The molecule has 0 unspecified atom stereocenters. The third kappa shape index (κ3) is 6.37. The van der Waals surface area contributed by atoms with Gasteiger partial charge >= 0.3 is 5.97 Å². The zero-order valence-corrected chi connectivity index (χ0v) is 20.0. The van der Waals surface area contributed by atoms with Crippen LogP contribution in [0.5, 0.6) is 5.75 Å². The highest BCUT2D eigenvalue weighted by atomic mass is 35.5. The number of hydrogen-bond donors (Lipinski definition) is 0. The largest absolute Gasteiger partial charge is 0.487 e. The molecule has 0 spiro atoms. The number of anilines is 1. The number of aromatic nitrogens is 3. The summed E-state index contributed by atoms with van der Waals surface area (Å²) in [5.74, 6) is 0.0792. The number of carbonyl (C=O) groups is 1. The van der Waals surface area contributed by atoms with E-state index in [4.69, 9.17) is 21.1 Å². The molecule has 1 fully saturated rings. The summed E-state index contributed by atoms with van der Waals surface area (Å²) < 4.78 is 12.4. The van der Waals surface area contributed by atoms with Crippen LogP contribution in [0.2, 0.25) is 5.02 Å². The molecular formula is C23H27Cl2N5O3. The summed E-state index contributed by atoms with van der Waals surface area (Å²) in [5.41, 5.74) is 2.01. The average Bonchev–Trinajstić information content (AvgIpc) is 3.24. The lowest BCUT2D eigenvalue weighted by Gasteiger charge is -2.36. The number of esters is 1. The van der Waals surface area contributed by atoms with Crippen LogP contribution in [-0.4, -0.2) is 65.7 Å². The molecule has 0 aliphatic carbocycles. The van der Waals surface area contributed by atoms with E-state index in [1.54, 1.807) is 16.8 Å². The average molecular weight is 492 g/mol. The minimum absolute atomic E-state index is 0. The van der Waals surface area contributed by atoms with Crippen LogP contribution in [0, 0.1) is 0 Å². The van der Waals surface area contributed by atoms with Crippen LogP contribution >= 0.6 is 24.0 Å². The monoisotopic (exact) mass is 491 g/mol. The fourth-order valence-electron chi connectivity index (χ4n) is 3.72. The van der Waals surface area contributed by atoms with Gasteiger partial charge in [-0.3, -0.25) is 4.90 Å². The zero-order valence-electron chi connectivity index (χ0n) is 18.4. The molecule has 1 aromatic heterocycles. The summed E-state index contributed by atoms with van der Waals surface area (Å²) in [6.07, 6.45) is 0. The fraction of sp³-hybridized carbons (Fsp3) is 0.348. The van der Waals surface area contributed by atoms with Crippen LogP contribution in [0.25, 0.3) is 0 Å². The van der Waals surface area contributed by atoms with Crippen LogP contribution in [0.15, 0.2) is 54.6 Å². The Labute approximate surface area is 204 Å². The Morgan fingerprint density at radius 1 is 1.03 bits per heavy atom. The summed E-state index contributed by atoms with van der Waals surface area (Å²) in [4.78, 5) is 16.9. The van der Waals surface area contributed by atoms with Crippen molar-refractivity contribution in [1.82, 2.24) is 19.9 Å². The van der Waals surface area contributed by atoms with E-state index >= 15 is 0 Å². The Balaban J connectivity index is 0.00000306. The van der Waals surface area contributed by atoms with Crippen molar-refractivity contribution in [3.8, 4) is 5.75 Å². The minimum Gasteiger partial charge on any atom is -0.487 e.